The van der Waals surface area contributed by atoms with Gasteiger partial charge in [0.2, 0.25) is 11.8 Å². The molecule has 0 unspecified atom stereocenters. The zero-order valence-corrected chi connectivity index (χ0v) is 19.0. The van der Waals surface area contributed by atoms with Gasteiger partial charge in [0.05, 0.1) is 18.6 Å². The largest absolute Gasteiger partial charge is 0.497 e. The van der Waals surface area contributed by atoms with Gasteiger partial charge in [0.15, 0.2) is 5.16 Å². The van der Waals surface area contributed by atoms with E-state index in [4.69, 9.17) is 4.74 Å². The number of amides is 2. The lowest BCUT2D eigenvalue weighted by Crippen LogP contribution is -2.29. The van der Waals surface area contributed by atoms with Crippen molar-refractivity contribution < 1.29 is 14.3 Å². The molecule has 1 aliphatic rings. The van der Waals surface area contributed by atoms with E-state index in [-0.39, 0.29) is 24.1 Å². The first-order valence-corrected chi connectivity index (χ1v) is 12.0. The van der Waals surface area contributed by atoms with Crippen LogP contribution in [0, 0.1) is 0 Å². The fourth-order valence-electron chi connectivity index (χ4n) is 3.11. The molecule has 0 atom stereocenters. The molecule has 3 heterocycles. The maximum Gasteiger partial charge on any atom is 0.242 e. The molecule has 0 aliphatic carbocycles. The number of anilines is 1. The highest BCUT2D eigenvalue weighted by molar-refractivity contribution is 7.99. The number of nitrogens with zero attached hydrogens (tertiary/aromatic N) is 4. The zero-order valence-electron chi connectivity index (χ0n) is 17.4. The monoisotopic (exact) mass is 470 g/mol. The second-order valence-corrected chi connectivity index (χ2v) is 8.85. The predicted octanol–water partition coefficient (Wildman–Crippen LogP) is 2.48. The van der Waals surface area contributed by atoms with E-state index in [2.05, 4.69) is 25.7 Å². The zero-order chi connectivity index (χ0) is 22.3. The Bertz CT molecular complexity index is 1090. The van der Waals surface area contributed by atoms with Crippen LogP contribution in [0.1, 0.15) is 16.8 Å². The summed E-state index contributed by atoms with van der Waals surface area (Å²) in [6.45, 7) is 0.424. The second kappa shape index (κ2) is 10.5. The number of hydrogen-bond donors (Lipinski definition) is 2. The summed E-state index contributed by atoms with van der Waals surface area (Å²) in [5.41, 5.74) is 2.85. The van der Waals surface area contributed by atoms with Gasteiger partial charge in [-0.15, -0.1) is 0 Å². The number of carbonyl (C=O) groups excluding carboxylic acids is 2. The molecule has 2 amide bonds. The number of fused-ring (bicyclic) bond motifs is 1. The van der Waals surface area contributed by atoms with Crippen molar-refractivity contribution in [3.05, 3.63) is 59.5 Å². The number of thioether (sulfide) groups is 2. The highest BCUT2D eigenvalue weighted by Gasteiger charge is 2.25. The van der Waals surface area contributed by atoms with Gasteiger partial charge in [-0.25, -0.2) is 14.6 Å². The molecule has 3 aromatic rings. The predicted molar refractivity (Wildman–Crippen MR) is 123 cm³/mol. The van der Waals surface area contributed by atoms with Crippen molar-refractivity contribution in [3.63, 3.8) is 0 Å². The van der Waals surface area contributed by atoms with Gasteiger partial charge in [0.1, 0.15) is 18.1 Å². The number of hydrogen-bond acceptors (Lipinski definition) is 8. The van der Waals surface area contributed by atoms with Crippen LogP contribution in [-0.2, 0) is 34.2 Å². The van der Waals surface area contributed by atoms with E-state index in [1.165, 1.54) is 11.8 Å². The lowest BCUT2D eigenvalue weighted by Gasteiger charge is -2.11. The SMILES string of the molecule is COc1ccc(CNC(=O)Cn2nc3c(c2NC(=O)CSc2ncccn2)CSC3)cc1. The van der Waals surface area contributed by atoms with Crippen molar-refractivity contribution in [2.75, 3.05) is 18.2 Å². The van der Waals surface area contributed by atoms with E-state index in [1.54, 1.807) is 42.0 Å². The highest BCUT2D eigenvalue weighted by Crippen LogP contribution is 2.34. The average molecular weight is 471 g/mol. The van der Waals surface area contributed by atoms with Gasteiger partial charge < -0.3 is 15.4 Å². The lowest BCUT2D eigenvalue weighted by atomic mass is 10.2. The quantitative estimate of drug-likeness (QED) is 0.362. The average Bonchev–Trinajstić information content (AvgIpc) is 3.40. The summed E-state index contributed by atoms with van der Waals surface area (Å²) in [5.74, 6) is 2.67. The molecule has 0 saturated heterocycles. The van der Waals surface area contributed by atoms with Crippen LogP contribution in [0.25, 0.3) is 0 Å². The molecule has 1 aromatic carbocycles. The number of aromatic nitrogens is 4. The Labute approximate surface area is 193 Å². The van der Waals surface area contributed by atoms with E-state index < -0.39 is 0 Å². The molecular weight excluding hydrogens is 448 g/mol. The van der Waals surface area contributed by atoms with Crippen LogP contribution >= 0.6 is 23.5 Å². The number of nitrogens with one attached hydrogen (secondary N) is 2. The fourth-order valence-corrected chi connectivity index (χ4v) is 4.75. The van der Waals surface area contributed by atoms with Crippen LogP contribution in [0.5, 0.6) is 5.75 Å². The summed E-state index contributed by atoms with van der Waals surface area (Å²) in [4.78, 5) is 33.3. The molecule has 0 spiro atoms. The minimum Gasteiger partial charge on any atom is -0.497 e. The molecule has 0 fully saturated rings. The van der Waals surface area contributed by atoms with Crippen LogP contribution in [0.4, 0.5) is 5.82 Å². The van der Waals surface area contributed by atoms with Crippen molar-refractivity contribution >= 4 is 41.2 Å². The Hall–Kier alpha value is -3.05. The number of carbonyl (C=O) groups is 2. The summed E-state index contributed by atoms with van der Waals surface area (Å²) in [7, 11) is 1.61. The molecule has 0 saturated carbocycles. The third-order valence-electron chi connectivity index (χ3n) is 4.69. The van der Waals surface area contributed by atoms with Gasteiger partial charge >= 0.3 is 0 Å². The van der Waals surface area contributed by atoms with E-state index in [9.17, 15) is 9.59 Å². The first-order chi connectivity index (χ1) is 15.6. The molecule has 166 valence electrons. The van der Waals surface area contributed by atoms with Gasteiger partial charge in [-0.1, -0.05) is 23.9 Å². The van der Waals surface area contributed by atoms with Crippen LogP contribution in [0.15, 0.2) is 47.9 Å². The van der Waals surface area contributed by atoms with E-state index >= 15 is 0 Å². The molecule has 4 rings (SSSR count). The topological polar surface area (TPSA) is 111 Å². The molecule has 2 aromatic heterocycles. The Morgan fingerprint density at radius 2 is 1.94 bits per heavy atom. The van der Waals surface area contributed by atoms with Gasteiger partial charge in [-0.05, 0) is 23.8 Å². The summed E-state index contributed by atoms with van der Waals surface area (Å²) >= 11 is 2.99. The number of ether oxygens (including phenoxy) is 1. The molecule has 2 N–H and O–H groups in total. The van der Waals surface area contributed by atoms with Crippen molar-refractivity contribution in [1.29, 1.82) is 0 Å². The normalized spacial score (nSPS) is 12.3. The Morgan fingerprint density at radius 1 is 1.16 bits per heavy atom. The van der Waals surface area contributed by atoms with Crippen molar-refractivity contribution in [1.82, 2.24) is 25.1 Å². The summed E-state index contributed by atoms with van der Waals surface area (Å²) in [6, 6.07) is 9.23. The van der Waals surface area contributed by atoms with Gasteiger partial charge in [0.25, 0.3) is 0 Å². The van der Waals surface area contributed by atoms with Crippen molar-refractivity contribution in [2.24, 2.45) is 0 Å². The van der Waals surface area contributed by atoms with Crippen LogP contribution in [0.3, 0.4) is 0 Å². The Morgan fingerprint density at radius 3 is 2.69 bits per heavy atom. The fraction of sp³-hybridized carbons (Fsp3) is 0.286. The Kier molecular flexibility index (Phi) is 7.28. The minimum absolute atomic E-state index is 0.0262. The van der Waals surface area contributed by atoms with Crippen LogP contribution in [0.2, 0.25) is 0 Å². The summed E-state index contributed by atoms with van der Waals surface area (Å²) < 4.78 is 6.73. The van der Waals surface area contributed by atoms with Crippen LogP contribution < -0.4 is 15.4 Å². The van der Waals surface area contributed by atoms with Gasteiger partial charge in [-0.2, -0.15) is 16.9 Å². The van der Waals surface area contributed by atoms with Gasteiger partial charge in [0, 0.05) is 36.0 Å². The number of methoxy groups -OCH3 is 1. The maximum atomic E-state index is 12.5. The van der Waals surface area contributed by atoms with Crippen molar-refractivity contribution in [2.45, 2.75) is 29.8 Å². The standard InChI is InChI=1S/C21H22N6O3S2/c1-30-15-5-3-14(4-6-15)9-24-18(28)10-27-20(16-11-31-12-17(16)26-27)25-19(29)13-32-21-22-7-2-8-23-21/h2-8H,9-13H2,1H3,(H,24,28)(H,25,29). The molecule has 9 nitrogen and oxygen atoms in total. The highest BCUT2D eigenvalue weighted by atomic mass is 32.2. The summed E-state index contributed by atoms with van der Waals surface area (Å²) in [6.07, 6.45) is 3.27. The van der Waals surface area contributed by atoms with E-state index in [0.717, 1.165) is 34.1 Å². The maximum absolute atomic E-state index is 12.5. The Balaban J connectivity index is 1.37. The summed E-state index contributed by atoms with van der Waals surface area (Å²) in [5, 5.41) is 10.9. The molecule has 11 heteroatoms. The van der Waals surface area contributed by atoms with Gasteiger partial charge in [-0.3, -0.25) is 9.59 Å². The first kappa shape index (κ1) is 22.2. The molecule has 32 heavy (non-hydrogen) atoms. The third-order valence-corrected chi connectivity index (χ3v) is 6.54. The minimum atomic E-state index is -0.193. The lowest BCUT2D eigenvalue weighted by molar-refractivity contribution is -0.122. The van der Waals surface area contributed by atoms with E-state index in [1.807, 2.05) is 24.3 Å². The van der Waals surface area contributed by atoms with E-state index in [0.29, 0.717) is 17.5 Å². The number of rotatable bonds is 9. The molecule has 0 bridgehead atoms. The second-order valence-electron chi connectivity index (χ2n) is 6.92. The smallest absolute Gasteiger partial charge is 0.242 e. The van der Waals surface area contributed by atoms with Crippen LogP contribution in [-0.4, -0.2) is 44.4 Å². The molecular formula is C21H22N6O3S2. The number of benzene rings is 1. The first-order valence-electron chi connectivity index (χ1n) is 9.88. The van der Waals surface area contributed by atoms with Crippen molar-refractivity contribution in [3.8, 4) is 5.75 Å². The third kappa shape index (κ3) is 5.60. The molecule has 1 aliphatic heterocycles. The molecule has 0 radical (unpaired) electrons.